The van der Waals surface area contributed by atoms with E-state index in [2.05, 4.69) is 20.9 Å². The van der Waals surface area contributed by atoms with Gasteiger partial charge in [0, 0.05) is 55.6 Å². The second-order valence-corrected chi connectivity index (χ2v) is 12.7. The fourth-order valence-corrected chi connectivity index (χ4v) is 6.63. The molecule has 238 valence electrons. The van der Waals surface area contributed by atoms with Crippen LogP contribution in [-0.2, 0) is 16.0 Å². The number of anilines is 2. The lowest BCUT2D eigenvalue weighted by Gasteiger charge is -2.30. The van der Waals surface area contributed by atoms with Gasteiger partial charge in [0.2, 0.25) is 11.8 Å². The van der Waals surface area contributed by atoms with Gasteiger partial charge in [0.1, 0.15) is 0 Å². The van der Waals surface area contributed by atoms with Crippen LogP contribution in [-0.4, -0.2) is 73.2 Å². The summed E-state index contributed by atoms with van der Waals surface area (Å²) >= 11 is 0. The molecule has 9 heteroatoms. The van der Waals surface area contributed by atoms with Crippen molar-refractivity contribution in [3.63, 3.8) is 0 Å². The monoisotopic (exact) mass is 603 g/mol. The summed E-state index contributed by atoms with van der Waals surface area (Å²) in [5.74, 6) is -0.266. The summed E-state index contributed by atoms with van der Waals surface area (Å²) in [5, 5.41) is 20.8. The lowest BCUT2D eigenvalue weighted by molar-refractivity contribution is -0.123. The van der Waals surface area contributed by atoms with Crippen molar-refractivity contribution in [3.05, 3.63) is 59.7 Å². The highest BCUT2D eigenvalue weighted by Gasteiger charge is 2.27. The van der Waals surface area contributed by atoms with Gasteiger partial charge in [-0.05, 0) is 75.6 Å². The van der Waals surface area contributed by atoms with Crippen LogP contribution >= 0.6 is 0 Å². The molecule has 1 saturated carbocycles. The van der Waals surface area contributed by atoms with Crippen molar-refractivity contribution in [2.45, 2.75) is 102 Å². The van der Waals surface area contributed by atoms with Crippen LogP contribution in [0.3, 0.4) is 0 Å². The summed E-state index contributed by atoms with van der Waals surface area (Å²) in [6.45, 7) is 4.45. The van der Waals surface area contributed by atoms with E-state index in [0.717, 1.165) is 81.4 Å². The first-order valence-electron chi connectivity index (χ1n) is 16.6. The number of amides is 3. The Balaban J connectivity index is 1.30. The van der Waals surface area contributed by atoms with Gasteiger partial charge in [0.05, 0.1) is 18.2 Å². The molecule has 2 aromatic rings. The van der Waals surface area contributed by atoms with Crippen LogP contribution in [0.2, 0.25) is 0 Å². The van der Waals surface area contributed by atoms with Gasteiger partial charge in [-0.3, -0.25) is 14.4 Å². The number of rotatable bonds is 12. The van der Waals surface area contributed by atoms with Crippen LogP contribution in [0.5, 0.6) is 0 Å². The third-order valence-corrected chi connectivity index (χ3v) is 9.33. The number of nitrogens with one attached hydrogen (secondary N) is 3. The molecular weight excluding hydrogens is 554 g/mol. The molecule has 0 bridgehead atoms. The Kier molecular flexibility index (Phi) is 11.3. The summed E-state index contributed by atoms with van der Waals surface area (Å²) in [6, 6.07) is 14.7. The number of carbonyl (C=O) groups excluding carboxylic acids is 3. The number of aliphatic hydroxyl groups is 1. The molecule has 3 amide bonds. The lowest BCUT2D eigenvalue weighted by atomic mass is 9.95. The van der Waals surface area contributed by atoms with Gasteiger partial charge in [0.25, 0.3) is 5.91 Å². The topological polar surface area (TPSA) is 114 Å². The number of piperidine rings is 1. The predicted octanol–water partition coefficient (Wildman–Crippen LogP) is 3.93. The zero-order valence-corrected chi connectivity index (χ0v) is 26.1. The van der Waals surface area contributed by atoms with Crippen molar-refractivity contribution in [2.75, 3.05) is 36.0 Å². The highest BCUT2D eigenvalue weighted by Crippen LogP contribution is 2.30. The Bertz CT molecular complexity index is 1260. The number of aliphatic hydroxyl groups excluding tert-OH is 1. The Hall–Kier alpha value is -3.43. The molecule has 0 spiro atoms. The van der Waals surface area contributed by atoms with E-state index in [9.17, 15) is 19.5 Å². The van der Waals surface area contributed by atoms with Gasteiger partial charge in [-0.15, -0.1) is 0 Å². The van der Waals surface area contributed by atoms with Crippen molar-refractivity contribution >= 4 is 29.1 Å². The van der Waals surface area contributed by atoms with Gasteiger partial charge >= 0.3 is 0 Å². The maximum Gasteiger partial charge on any atom is 0.251 e. The quantitative estimate of drug-likeness (QED) is 0.292. The van der Waals surface area contributed by atoms with E-state index in [1.807, 2.05) is 49.4 Å². The first kappa shape index (κ1) is 32.0. The predicted molar refractivity (Wildman–Crippen MR) is 174 cm³/mol. The molecular formula is C35H49N5O4. The van der Waals surface area contributed by atoms with Gasteiger partial charge in [-0.25, -0.2) is 0 Å². The zero-order chi connectivity index (χ0) is 30.9. The average Bonchev–Trinajstić information content (AvgIpc) is 3.59. The van der Waals surface area contributed by atoms with Gasteiger partial charge in [-0.2, -0.15) is 0 Å². The summed E-state index contributed by atoms with van der Waals surface area (Å²) in [6.07, 6.45) is 9.58. The van der Waals surface area contributed by atoms with Crippen LogP contribution in [0.4, 0.5) is 11.4 Å². The van der Waals surface area contributed by atoms with E-state index in [0.29, 0.717) is 24.9 Å². The maximum atomic E-state index is 13.9. The summed E-state index contributed by atoms with van der Waals surface area (Å²) < 4.78 is 0. The van der Waals surface area contributed by atoms with Crippen molar-refractivity contribution in [1.29, 1.82) is 0 Å². The largest absolute Gasteiger partial charge is 0.390 e. The van der Waals surface area contributed by atoms with Crippen LogP contribution < -0.4 is 25.8 Å². The van der Waals surface area contributed by atoms with E-state index in [1.54, 1.807) is 11.0 Å². The first-order valence-corrected chi connectivity index (χ1v) is 16.6. The normalized spacial score (nSPS) is 19.8. The molecule has 0 radical (unpaired) electrons. The van der Waals surface area contributed by atoms with E-state index < -0.39 is 18.2 Å². The van der Waals surface area contributed by atoms with Gasteiger partial charge in [0.15, 0.2) is 0 Å². The third kappa shape index (κ3) is 8.60. The summed E-state index contributed by atoms with van der Waals surface area (Å²) in [5.41, 5.74) is 3.17. The minimum Gasteiger partial charge on any atom is -0.390 e. The van der Waals surface area contributed by atoms with Crippen LogP contribution in [0, 0.1) is 0 Å². The summed E-state index contributed by atoms with van der Waals surface area (Å²) in [7, 11) is 0. The van der Waals surface area contributed by atoms with Crippen molar-refractivity contribution in [3.8, 4) is 0 Å². The second kappa shape index (κ2) is 15.5. The second-order valence-electron chi connectivity index (χ2n) is 12.7. The number of nitrogens with zero attached hydrogens (tertiary/aromatic N) is 2. The number of benzene rings is 2. The van der Waals surface area contributed by atoms with Gasteiger partial charge in [-0.1, -0.05) is 49.6 Å². The fraction of sp³-hybridized carbons (Fsp3) is 0.571. The zero-order valence-electron chi connectivity index (χ0n) is 26.1. The van der Waals surface area contributed by atoms with E-state index in [4.69, 9.17) is 0 Å². The molecule has 44 heavy (non-hydrogen) atoms. The SMILES string of the molecule is C[C@H](NC[C@H](O)[C@H](Cc1ccccc1)NC(=O)c1cc(N2CCCC2)cc(N2CCCCC2=O)c1)C(=O)NC1CCCCC1. The Morgan fingerprint density at radius 3 is 2.34 bits per heavy atom. The van der Waals surface area contributed by atoms with Crippen LogP contribution in [0.15, 0.2) is 48.5 Å². The molecule has 3 aliphatic rings. The number of carbonyl (C=O) groups is 3. The van der Waals surface area contributed by atoms with Gasteiger partial charge < -0.3 is 30.9 Å². The summed E-state index contributed by atoms with van der Waals surface area (Å²) in [4.78, 5) is 43.6. The molecule has 2 aliphatic heterocycles. The van der Waals surface area contributed by atoms with Crippen LogP contribution in [0.1, 0.15) is 87.1 Å². The molecule has 3 fully saturated rings. The Morgan fingerprint density at radius 1 is 0.909 bits per heavy atom. The number of hydrogen-bond donors (Lipinski definition) is 4. The van der Waals surface area contributed by atoms with E-state index >= 15 is 0 Å². The molecule has 2 aromatic carbocycles. The minimum absolute atomic E-state index is 0.0636. The maximum absolute atomic E-state index is 13.9. The Morgan fingerprint density at radius 2 is 1.61 bits per heavy atom. The van der Waals surface area contributed by atoms with E-state index in [1.165, 1.54) is 6.42 Å². The molecule has 5 rings (SSSR count). The molecule has 0 unspecified atom stereocenters. The smallest absolute Gasteiger partial charge is 0.251 e. The molecule has 4 N–H and O–H groups in total. The molecule has 2 heterocycles. The molecule has 2 saturated heterocycles. The number of hydrogen-bond acceptors (Lipinski definition) is 6. The van der Waals surface area contributed by atoms with Crippen molar-refractivity contribution in [1.82, 2.24) is 16.0 Å². The van der Waals surface area contributed by atoms with Crippen LogP contribution in [0.25, 0.3) is 0 Å². The third-order valence-electron chi connectivity index (χ3n) is 9.33. The first-order chi connectivity index (χ1) is 21.4. The average molecular weight is 604 g/mol. The molecule has 9 nitrogen and oxygen atoms in total. The van der Waals surface area contributed by atoms with Crippen molar-refractivity contribution in [2.24, 2.45) is 0 Å². The molecule has 0 aromatic heterocycles. The standard InChI is InChI=1S/C35H49N5O4/c1-25(34(43)37-28-14-6-3-7-15-28)36-24-32(41)31(20-26-12-4-2-5-13-26)38-35(44)27-21-29(39-17-10-11-18-39)23-30(22-27)40-19-9-8-16-33(40)42/h2,4-5,12-13,21-23,25,28,31-32,36,41H,3,6-11,14-20,24H2,1H3,(H,37,43)(H,38,44)/t25-,31-,32-/m0/s1. The minimum atomic E-state index is -0.936. The molecule has 3 atom stereocenters. The fourth-order valence-electron chi connectivity index (χ4n) is 6.63. The lowest BCUT2D eigenvalue weighted by Crippen LogP contribution is -2.53. The Labute approximate surface area is 261 Å². The highest BCUT2D eigenvalue weighted by atomic mass is 16.3. The van der Waals surface area contributed by atoms with Crippen molar-refractivity contribution < 1.29 is 19.5 Å². The molecule has 1 aliphatic carbocycles. The van der Waals surface area contributed by atoms with E-state index in [-0.39, 0.29) is 30.3 Å². The highest BCUT2D eigenvalue weighted by molar-refractivity contribution is 6.00.